The van der Waals surface area contributed by atoms with E-state index in [2.05, 4.69) is 5.10 Å². The summed E-state index contributed by atoms with van der Waals surface area (Å²) in [5.41, 5.74) is 6.43. The van der Waals surface area contributed by atoms with E-state index in [1.807, 2.05) is 35.1 Å². The van der Waals surface area contributed by atoms with Crippen molar-refractivity contribution in [3.63, 3.8) is 0 Å². The van der Waals surface area contributed by atoms with Gasteiger partial charge in [0.15, 0.2) is 0 Å². The number of nitrogen functional groups attached to an aromatic ring is 1. The average molecular weight is 249 g/mol. The second-order valence-electron chi connectivity index (χ2n) is 3.53. The first-order chi connectivity index (χ1) is 8.29. The van der Waals surface area contributed by atoms with E-state index in [4.69, 9.17) is 10.5 Å². The maximum absolute atomic E-state index is 5.71. The zero-order chi connectivity index (χ0) is 12.1. The molecule has 0 saturated heterocycles. The predicted molar refractivity (Wildman–Crippen MR) is 70.4 cm³/mol. The van der Waals surface area contributed by atoms with Gasteiger partial charge in [0.2, 0.25) is 0 Å². The maximum Gasteiger partial charge on any atom is 0.134 e. The molecule has 2 aromatic rings. The van der Waals surface area contributed by atoms with Crippen molar-refractivity contribution in [3.8, 4) is 5.75 Å². The van der Waals surface area contributed by atoms with Gasteiger partial charge in [0.1, 0.15) is 5.75 Å². The van der Waals surface area contributed by atoms with Crippen molar-refractivity contribution in [1.82, 2.24) is 9.78 Å². The van der Waals surface area contributed by atoms with Crippen LogP contribution >= 0.6 is 11.8 Å². The first kappa shape index (κ1) is 11.9. The van der Waals surface area contributed by atoms with Crippen molar-refractivity contribution in [2.24, 2.45) is 0 Å². The molecule has 0 unspecified atom stereocenters. The van der Waals surface area contributed by atoms with Gasteiger partial charge in [-0.15, -0.1) is 11.8 Å². The molecule has 0 aliphatic carbocycles. The van der Waals surface area contributed by atoms with Crippen LogP contribution in [0.1, 0.15) is 0 Å². The van der Waals surface area contributed by atoms with Gasteiger partial charge in [-0.05, 0) is 18.2 Å². The van der Waals surface area contributed by atoms with E-state index in [0.29, 0.717) is 0 Å². The van der Waals surface area contributed by atoms with E-state index in [1.54, 1.807) is 25.1 Å². The Kier molecular flexibility index (Phi) is 3.93. The van der Waals surface area contributed by atoms with Gasteiger partial charge in [0.05, 0.1) is 13.7 Å². The quantitative estimate of drug-likeness (QED) is 0.652. The molecular weight excluding hydrogens is 234 g/mol. The van der Waals surface area contributed by atoms with E-state index in [0.717, 1.165) is 28.6 Å². The average Bonchev–Trinajstić information content (AvgIpc) is 2.84. The smallest absolute Gasteiger partial charge is 0.134 e. The van der Waals surface area contributed by atoms with Crippen molar-refractivity contribution in [1.29, 1.82) is 0 Å². The van der Waals surface area contributed by atoms with Gasteiger partial charge in [-0.25, -0.2) is 0 Å². The summed E-state index contributed by atoms with van der Waals surface area (Å²) in [5, 5.41) is 4.16. The van der Waals surface area contributed by atoms with E-state index in [1.165, 1.54) is 0 Å². The predicted octanol–water partition coefficient (Wildman–Crippen LogP) is 2.27. The number of aromatic nitrogens is 2. The molecule has 0 aliphatic heterocycles. The molecule has 0 bridgehead atoms. The summed E-state index contributed by atoms with van der Waals surface area (Å²) in [5.74, 6) is 1.78. The Labute approximate surface area is 105 Å². The zero-order valence-electron chi connectivity index (χ0n) is 9.67. The van der Waals surface area contributed by atoms with Gasteiger partial charge in [-0.3, -0.25) is 4.68 Å². The lowest BCUT2D eigenvalue weighted by Crippen LogP contribution is -2.00. The second kappa shape index (κ2) is 5.63. The fraction of sp³-hybridized carbons (Fsp3) is 0.250. The molecule has 0 amide bonds. The monoisotopic (exact) mass is 249 g/mol. The molecule has 0 fully saturated rings. The summed E-state index contributed by atoms with van der Waals surface area (Å²) in [6.45, 7) is 0.880. The number of thioether (sulfide) groups is 1. The lowest BCUT2D eigenvalue weighted by Gasteiger charge is -2.08. The van der Waals surface area contributed by atoms with Gasteiger partial charge < -0.3 is 10.5 Å². The number of ether oxygens (including phenoxy) is 1. The van der Waals surface area contributed by atoms with Crippen LogP contribution in [0.5, 0.6) is 5.75 Å². The fourth-order valence-corrected chi connectivity index (χ4v) is 2.43. The first-order valence-electron chi connectivity index (χ1n) is 5.33. The summed E-state index contributed by atoms with van der Waals surface area (Å²) >= 11 is 1.74. The topological polar surface area (TPSA) is 53.1 Å². The molecule has 0 spiro atoms. The maximum atomic E-state index is 5.71. The van der Waals surface area contributed by atoms with E-state index >= 15 is 0 Å². The van der Waals surface area contributed by atoms with Crippen molar-refractivity contribution >= 4 is 17.4 Å². The Morgan fingerprint density at radius 1 is 1.47 bits per heavy atom. The number of methoxy groups -OCH3 is 1. The van der Waals surface area contributed by atoms with Crippen molar-refractivity contribution < 1.29 is 4.74 Å². The molecule has 0 atom stereocenters. The van der Waals surface area contributed by atoms with Crippen LogP contribution in [0.15, 0.2) is 41.6 Å². The standard InChI is InChI=1S/C12H15N3OS/c1-16-11-9-10(13)3-4-12(11)17-8-7-15-6-2-5-14-15/h2-6,9H,7-8,13H2,1H3. The number of rotatable bonds is 5. The zero-order valence-corrected chi connectivity index (χ0v) is 10.5. The molecule has 17 heavy (non-hydrogen) atoms. The number of nitrogens with two attached hydrogens (primary N) is 1. The van der Waals surface area contributed by atoms with Gasteiger partial charge in [0.25, 0.3) is 0 Å². The number of aryl methyl sites for hydroxylation is 1. The summed E-state index contributed by atoms with van der Waals surface area (Å²) in [4.78, 5) is 1.11. The third kappa shape index (κ3) is 3.17. The normalized spacial score (nSPS) is 10.4. The molecule has 2 N–H and O–H groups in total. The molecule has 1 heterocycles. The minimum atomic E-state index is 0.721. The highest BCUT2D eigenvalue weighted by atomic mass is 32.2. The lowest BCUT2D eigenvalue weighted by atomic mass is 10.3. The summed E-state index contributed by atoms with van der Waals surface area (Å²) in [7, 11) is 1.66. The Morgan fingerprint density at radius 3 is 3.06 bits per heavy atom. The van der Waals surface area contributed by atoms with Gasteiger partial charge in [-0.2, -0.15) is 5.10 Å². The van der Waals surface area contributed by atoms with E-state index < -0.39 is 0 Å². The van der Waals surface area contributed by atoms with Crippen LogP contribution in [0.2, 0.25) is 0 Å². The van der Waals surface area contributed by atoms with Crippen LogP contribution < -0.4 is 10.5 Å². The van der Waals surface area contributed by atoms with Crippen LogP contribution in [-0.2, 0) is 6.54 Å². The SMILES string of the molecule is COc1cc(N)ccc1SCCn1cccn1. The molecule has 0 saturated carbocycles. The van der Waals surface area contributed by atoms with Gasteiger partial charge in [0, 0.05) is 34.8 Å². The Balaban J connectivity index is 1.94. The van der Waals surface area contributed by atoms with Crippen molar-refractivity contribution in [3.05, 3.63) is 36.7 Å². The summed E-state index contributed by atoms with van der Waals surface area (Å²) in [6.07, 6.45) is 3.75. The number of benzene rings is 1. The van der Waals surface area contributed by atoms with E-state index in [-0.39, 0.29) is 0 Å². The van der Waals surface area contributed by atoms with Crippen LogP contribution in [-0.4, -0.2) is 22.6 Å². The van der Waals surface area contributed by atoms with Crippen molar-refractivity contribution in [2.45, 2.75) is 11.4 Å². The molecule has 0 radical (unpaired) electrons. The Morgan fingerprint density at radius 2 is 2.35 bits per heavy atom. The third-order valence-electron chi connectivity index (χ3n) is 2.32. The number of nitrogens with zero attached hydrogens (tertiary/aromatic N) is 2. The minimum Gasteiger partial charge on any atom is -0.496 e. The molecule has 1 aromatic heterocycles. The fourth-order valence-electron chi connectivity index (χ4n) is 1.49. The van der Waals surface area contributed by atoms with Crippen LogP contribution in [0, 0.1) is 0 Å². The molecule has 0 aliphatic rings. The minimum absolute atomic E-state index is 0.721. The van der Waals surface area contributed by atoms with Crippen LogP contribution in [0.4, 0.5) is 5.69 Å². The Hall–Kier alpha value is -1.62. The molecule has 5 heteroatoms. The van der Waals surface area contributed by atoms with Crippen molar-refractivity contribution in [2.75, 3.05) is 18.6 Å². The third-order valence-corrected chi connectivity index (χ3v) is 3.36. The highest BCUT2D eigenvalue weighted by Gasteiger charge is 2.04. The molecular formula is C12H15N3OS. The van der Waals surface area contributed by atoms with Crippen LogP contribution in [0.25, 0.3) is 0 Å². The number of hydrogen-bond acceptors (Lipinski definition) is 4. The highest BCUT2D eigenvalue weighted by molar-refractivity contribution is 7.99. The molecule has 1 aromatic carbocycles. The summed E-state index contributed by atoms with van der Waals surface area (Å²) < 4.78 is 7.20. The number of anilines is 1. The first-order valence-corrected chi connectivity index (χ1v) is 6.32. The summed E-state index contributed by atoms with van der Waals surface area (Å²) in [6, 6.07) is 7.64. The van der Waals surface area contributed by atoms with Gasteiger partial charge >= 0.3 is 0 Å². The molecule has 2 rings (SSSR count). The van der Waals surface area contributed by atoms with E-state index in [9.17, 15) is 0 Å². The molecule has 4 nitrogen and oxygen atoms in total. The molecule has 90 valence electrons. The number of hydrogen-bond donors (Lipinski definition) is 1. The Bertz CT molecular complexity index is 471. The largest absolute Gasteiger partial charge is 0.496 e. The van der Waals surface area contributed by atoms with Gasteiger partial charge in [-0.1, -0.05) is 0 Å². The van der Waals surface area contributed by atoms with Crippen LogP contribution in [0.3, 0.4) is 0 Å². The second-order valence-corrected chi connectivity index (χ2v) is 4.66. The highest BCUT2D eigenvalue weighted by Crippen LogP contribution is 2.30. The lowest BCUT2D eigenvalue weighted by molar-refractivity contribution is 0.405.